The second-order valence-corrected chi connectivity index (χ2v) is 6.82. The molecule has 0 unspecified atom stereocenters. The lowest BCUT2D eigenvalue weighted by molar-refractivity contribution is -0.142. The highest BCUT2D eigenvalue weighted by atomic mass is 35.5. The smallest absolute Gasteiger partial charge is 0.331 e. The third-order valence-electron chi connectivity index (χ3n) is 4.39. The third kappa shape index (κ3) is 5.93. The highest BCUT2D eigenvalue weighted by Gasteiger charge is 2.13. The molecule has 0 radical (unpaired) electrons. The summed E-state index contributed by atoms with van der Waals surface area (Å²) in [6.07, 6.45) is 2.69. The van der Waals surface area contributed by atoms with Crippen LogP contribution in [0.1, 0.15) is 35.5 Å². The van der Waals surface area contributed by atoms with E-state index in [0.29, 0.717) is 40.8 Å². The van der Waals surface area contributed by atoms with Crippen LogP contribution in [0.5, 0.6) is 0 Å². The number of benzene rings is 1. The maximum Gasteiger partial charge on any atom is 0.331 e. The summed E-state index contributed by atoms with van der Waals surface area (Å²) in [5, 5.41) is 7.16. The van der Waals surface area contributed by atoms with Gasteiger partial charge in [0.2, 0.25) is 0 Å². The Bertz CT molecular complexity index is 947. The number of aromatic nitrogens is 2. The van der Waals surface area contributed by atoms with Crippen LogP contribution in [-0.4, -0.2) is 52.2 Å². The molecule has 0 aliphatic carbocycles. The predicted octanol–water partition coefficient (Wildman–Crippen LogP) is 3.06. The van der Waals surface area contributed by atoms with E-state index in [-0.39, 0.29) is 5.91 Å². The number of nitrogens with zero attached hydrogens (tertiary/aromatic N) is 3. The number of anilines is 1. The molecule has 0 aliphatic heterocycles. The summed E-state index contributed by atoms with van der Waals surface area (Å²) in [6.45, 7) is 6.41. The van der Waals surface area contributed by atoms with Crippen molar-refractivity contribution in [3.8, 4) is 0 Å². The molecule has 0 saturated carbocycles. The molecule has 1 aromatic carbocycles. The molecule has 2 rings (SSSR count). The van der Waals surface area contributed by atoms with Crippen molar-refractivity contribution in [2.75, 3.05) is 25.0 Å². The van der Waals surface area contributed by atoms with Gasteiger partial charge < -0.3 is 15.0 Å². The molecule has 0 atom stereocenters. The van der Waals surface area contributed by atoms with Gasteiger partial charge in [0.1, 0.15) is 5.15 Å². The van der Waals surface area contributed by atoms with Crippen molar-refractivity contribution in [3.63, 3.8) is 0 Å². The Labute approximate surface area is 180 Å². The molecule has 2 aromatic rings. The lowest BCUT2D eigenvalue weighted by atomic mass is 10.2. The van der Waals surface area contributed by atoms with E-state index in [1.54, 1.807) is 43.1 Å². The summed E-state index contributed by atoms with van der Waals surface area (Å²) in [6, 6.07) is 6.54. The van der Waals surface area contributed by atoms with Gasteiger partial charge in [-0.1, -0.05) is 11.6 Å². The van der Waals surface area contributed by atoms with Crippen LogP contribution in [0.3, 0.4) is 0 Å². The van der Waals surface area contributed by atoms with Crippen LogP contribution in [0, 0.1) is 6.92 Å². The lowest BCUT2D eigenvalue weighted by Crippen LogP contribution is -2.30. The quantitative estimate of drug-likeness (QED) is 0.511. The summed E-state index contributed by atoms with van der Waals surface area (Å²) < 4.78 is 6.43. The Kier molecular flexibility index (Phi) is 8.17. The van der Waals surface area contributed by atoms with E-state index in [9.17, 15) is 14.4 Å². The van der Waals surface area contributed by atoms with Gasteiger partial charge in [0, 0.05) is 43.0 Å². The molecule has 0 fully saturated rings. The van der Waals surface area contributed by atoms with E-state index in [4.69, 9.17) is 16.3 Å². The maximum absolute atomic E-state index is 12.3. The van der Waals surface area contributed by atoms with Gasteiger partial charge >= 0.3 is 5.97 Å². The molecule has 0 spiro atoms. The minimum Gasteiger partial charge on any atom is -0.452 e. The molecule has 1 heterocycles. The largest absolute Gasteiger partial charge is 0.452 e. The zero-order valence-corrected chi connectivity index (χ0v) is 18.2. The number of carbonyl (C=O) groups is 3. The minimum absolute atomic E-state index is 0.0671. The zero-order valence-electron chi connectivity index (χ0n) is 17.4. The topological polar surface area (TPSA) is 93.5 Å². The molecule has 2 amide bonds. The summed E-state index contributed by atoms with van der Waals surface area (Å²) in [5.41, 5.74) is 2.32. The van der Waals surface area contributed by atoms with Gasteiger partial charge in [0.05, 0.1) is 5.69 Å². The number of halogens is 1. The average molecular weight is 433 g/mol. The maximum atomic E-state index is 12.3. The second-order valence-electron chi connectivity index (χ2n) is 6.46. The van der Waals surface area contributed by atoms with Gasteiger partial charge in [-0.3, -0.25) is 14.3 Å². The standard InChI is InChI=1S/C21H25ClN4O4/c1-5-26(6-2)21(29)15-7-9-16(10-8-15)23-18(27)13-30-19(28)12-11-17-14(3)24-25(4)20(17)22/h7-12H,5-6,13H2,1-4H3,(H,23,27)/b12-11+. The van der Waals surface area contributed by atoms with Crippen molar-refractivity contribution < 1.29 is 19.1 Å². The molecule has 1 N–H and O–H groups in total. The first kappa shape index (κ1) is 23.2. The van der Waals surface area contributed by atoms with Gasteiger partial charge in [-0.05, 0) is 51.1 Å². The van der Waals surface area contributed by atoms with E-state index >= 15 is 0 Å². The first-order chi connectivity index (χ1) is 14.3. The van der Waals surface area contributed by atoms with E-state index in [1.807, 2.05) is 13.8 Å². The van der Waals surface area contributed by atoms with E-state index < -0.39 is 18.5 Å². The fraction of sp³-hybridized carbons (Fsp3) is 0.333. The van der Waals surface area contributed by atoms with Crippen LogP contribution in [0.4, 0.5) is 5.69 Å². The summed E-state index contributed by atoms with van der Waals surface area (Å²) >= 11 is 6.09. The number of esters is 1. The van der Waals surface area contributed by atoms with Crippen LogP contribution >= 0.6 is 11.6 Å². The molecular weight excluding hydrogens is 408 g/mol. The van der Waals surface area contributed by atoms with Gasteiger partial charge in [0.25, 0.3) is 11.8 Å². The monoisotopic (exact) mass is 432 g/mol. The van der Waals surface area contributed by atoms with Crippen molar-refractivity contribution >= 4 is 41.1 Å². The van der Waals surface area contributed by atoms with Crippen molar-refractivity contribution in [2.24, 2.45) is 7.05 Å². The van der Waals surface area contributed by atoms with Gasteiger partial charge in [-0.15, -0.1) is 0 Å². The Morgan fingerprint density at radius 2 is 1.83 bits per heavy atom. The highest BCUT2D eigenvalue weighted by Crippen LogP contribution is 2.20. The fourth-order valence-electron chi connectivity index (χ4n) is 2.76. The second kappa shape index (κ2) is 10.6. The number of hydrogen-bond acceptors (Lipinski definition) is 5. The Morgan fingerprint density at radius 1 is 1.20 bits per heavy atom. The number of hydrogen-bond donors (Lipinski definition) is 1. The molecule has 30 heavy (non-hydrogen) atoms. The van der Waals surface area contributed by atoms with Crippen molar-refractivity contribution in [2.45, 2.75) is 20.8 Å². The van der Waals surface area contributed by atoms with Crippen LogP contribution in [0.15, 0.2) is 30.3 Å². The Balaban J connectivity index is 1.86. The van der Waals surface area contributed by atoms with Gasteiger partial charge in [0.15, 0.2) is 6.61 Å². The summed E-state index contributed by atoms with van der Waals surface area (Å²) in [4.78, 5) is 37.8. The predicted molar refractivity (Wildman–Crippen MR) is 115 cm³/mol. The van der Waals surface area contributed by atoms with E-state index in [0.717, 1.165) is 0 Å². The molecule has 1 aromatic heterocycles. The Morgan fingerprint density at radius 3 is 2.37 bits per heavy atom. The van der Waals surface area contributed by atoms with Crippen LogP contribution in [0.25, 0.3) is 6.08 Å². The molecular formula is C21H25ClN4O4. The van der Waals surface area contributed by atoms with Crippen molar-refractivity contribution in [1.29, 1.82) is 0 Å². The first-order valence-corrected chi connectivity index (χ1v) is 9.87. The minimum atomic E-state index is -0.676. The molecule has 0 saturated heterocycles. The van der Waals surface area contributed by atoms with Crippen LogP contribution < -0.4 is 5.32 Å². The number of carbonyl (C=O) groups excluding carboxylic acids is 3. The highest BCUT2D eigenvalue weighted by molar-refractivity contribution is 6.31. The summed E-state index contributed by atoms with van der Waals surface area (Å²) in [5.74, 6) is -1.23. The van der Waals surface area contributed by atoms with Crippen molar-refractivity contribution in [1.82, 2.24) is 14.7 Å². The van der Waals surface area contributed by atoms with Crippen molar-refractivity contribution in [3.05, 3.63) is 52.3 Å². The SMILES string of the molecule is CCN(CC)C(=O)c1ccc(NC(=O)COC(=O)/C=C/c2c(C)nn(C)c2Cl)cc1. The number of nitrogens with one attached hydrogen (secondary N) is 1. The van der Waals surface area contributed by atoms with Crippen LogP contribution in [-0.2, 0) is 21.4 Å². The first-order valence-electron chi connectivity index (χ1n) is 9.49. The molecule has 9 heteroatoms. The number of ether oxygens (including phenoxy) is 1. The van der Waals surface area contributed by atoms with Gasteiger partial charge in [-0.2, -0.15) is 5.10 Å². The van der Waals surface area contributed by atoms with E-state index in [1.165, 1.54) is 16.8 Å². The number of amides is 2. The lowest BCUT2D eigenvalue weighted by Gasteiger charge is -2.18. The zero-order chi connectivity index (χ0) is 22.3. The third-order valence-corrected chi connectivity index (χ3v) is 4.84. The van der Waals surface area contributed by atoms with Crippen LogP contribution in [0.2, 0.25) is 5.15 Å². The van der Waals surface area contributed by atoms with E-state index in [2.05, 4.69) is 10.4 Å². The molecule has 8 nitrogen and oxygen atoms in total. The molecule has 0 aliphatic rings. The normalized spacial score (nSPS) is 10.8. The Hall–Kier alpha value is -3.13. The fourth-order valence-corrected chi connectivity index (χ4v) is 3.00. The average Bonchev–Trinajstić information content (AvgIpc) is 2.97. The summed E-state index contributed by atoms with van der Waals surface area (Å²) in [7, 11) is 1.70. The molecule has 0 bridgehead atoms. The molecule has 160 valence electrons. The number of aryl methyl sites for hydroxylation is 2. The number of rotatable bonds is 8. The van der Waals surface area contributed by atoms with Gasteiger partial charge in [-0.25, -0.2) is 4.79 Å².